The fourth-order valence-corrected chi connectivity index (χ4v) is 3.77. The third-order valence-electron chi connectivity index (χ3n) is 5.22. The van der Waals surface area contributed by atoms with Gasteiger partial charge >= 0.3 is 0 Å². The van der Waals surface area contributed by atoms with Crippen LogP contribution in [0.15, 0.2) is 33.9 Å². The lowest BCUT2D eigenvalue weighted by Gasteiger charge is -2.32. The molecule has 1 unspecified atom stereocenters. The minimum Gasteiger partial charge on any atom is -0.442 e. The second-order valence-corrected chi connectivity index (χ2v) is 7.75. The maximum atomic E-state index is 13.3. The van der Waals surface area contributed by atoms with Crippen LogP contribution in [-0.4, -0.2) is 44.3 Å². The first-order chi connectivity index (χ1) is 14.3. The molecule has 1 aliphatic heterocycles. The van der Waals surface area contributed by atoms with Gasteiger partial charge in [0.1, 0.15) is 23.3 Å². The number of carbonyl (C=O) groups is 2. The summed E-state index contributed by atoms with van der Waals surface area (Å²) in [5.74, 6) is -0.200. The minimum absolute atomic E-state index is 0.138. The first kappa shape index (κ1) is 20.1. The van der Waals surface area contributed by atoms with Crippen LogP contribution in [-0.2, 0) is 11.8 Å². The van der Waals surface area contributed by atoms with Gasteiger partial charge < -0.3 is 19.2 Å². The Bertz CT molecular complexity index is 1180. The van der Waals surface area contributed by atoms with Crippen molar-refractivity contribution in [3.63, 3.8) is 0 Å². The second kappa shape index (κ2) is 7.91. The van der Waals surface area contributed by atoms with E-state index in [1.807, 2.05) is 0 Å². The summed E-state index contributed by atoms with van der Waals surface area (Å²) in [5.41, 5.74) is -0.00138. The Kier molecular flexibility index (Phi) is 5.29. The van der Waals surface area contributed by atoms with Crippen LogP contribution in [0.3, 0.4) is 0 Å². The van der Waals surface area contributed by atoms with Gasteiger partial charge in [-0.05, 0) is 31.9 Å². The molecule has 10 heteroatoms. The van der Waals surface area contributed by atoms with Crippen LogP contribution in [0, 0.1) is 12.8 Å². The number of fused-ring (bicyclic) bond motifs is 1. The summed E-state index contributed by atoms with van der Waals surface area (Å²) in [5, 5.41) is 3.41. The minimum atomic E-state index is -0.389. The van der Waals surface area contributed by atoms with E-state index < -0.39 is 0 Å². The van der Waals surface area contributed by atoms with Gasteiger partial charge in [0.2, 0.25) is 11.6 Å². The van der Waals surface area contributed by atoms with Gasteiger partial charge in [-0.1, -0.05) is 11.6 Å². The number of carbonyl (C=O) groups excluding carboxylic acids is 2. The Labute approximate surface area is 176 Å². The summed E-state index contributed by atoms with van der Waals surface area (Å²) in [6, 6.07) is 3.26. The van der Waals surface area contributed by atoms with Crippen LogP contribution in [0.5, 0.6) is 0 Å². The third kappa shape index (κ3) is 3.68. The van der Waals surface area contributed by atoms with Crippen molar-refractivity contribution in [3.05, 3.63) is 51.4 Å². The molecule has 156 valence electrons. The van der Waals surface area contributed by atoms with Gasteiger partial charge in [-0.15, -0.1) is 0 Å². The number of aryl methyl sites for hydroxylation is 2. The van der Waals surface area contributed by atoms with Gasteiger partial charge in [0.25, 0.3) is 11.5 Å². The molecule has 0 aliphatic carbocycles. The maximum Gasteiger partial charge on any atom is 0.265 e. The molecule has 1 fully saturated rings. The Morgan fingerprint density at radius 1 is 1.30 bits per heavy atom. The molecule has 1 saturated heterocycles. The van der Waals surface area contributed by atoms with Crippen LogP contribution < -0.4 is 10.9 Å². The zero-order valence-corrected chi connectivity index (χ0v) is 17.3. The maximum absolute atomic E-state index is 13.3. The number of piperidine rings is 1. The summed E-state index contributed by atoms with van der Waals surface area (Å²) in [7, 11) is 1.57. The number of nitrogens with one attached hydrogen (secondary N) is 1. The van der Waals surface area contributed by atoms with Crippen molar-refractivity contribution < 1.29 is 14.0 Å². The first-order valence-corrected chi connectivity index (χ1v) is 9.89. The van der Waals surface area contributed by atoms with Gasteiger partial charge in [0, 0.05) is 26.3 Å². The second-order valence-electron chi connectivity index (χ2n) is 7.32. The van der Waals surface area contributed by atoms with Gasteiger partial charge in [0.15, 0.2) is 0 Å². The van der Waals surface area contributed by atoms with E-state index in [0.29, 0.717) is 36.0 Å². The van der Waals surface area contributed by atoms with Crippen molar-refractivity contribution in [2.45, 2.75) is 19.8 Å². The van der Waals surface area contributed by atoms with Gasteiger partial charge in [-0.3, -0.25) is 14.4 Å². The predicted octanol–water partition coefficient (Wildman–Crippen LogP) is 2.37. The van der Waals surface area contributed by atoms with Crippen molar-refractivity contribution in [1.29, 1.82) is 0 Å². The predicted molar refractivity (Wildman–Crippen MR) is 110 cm³/mol. The number of hydrogen-bond donors (Lipinski definition) is 1. The van der Waals surface area contributed by atoms with E-state index >= 15 is 0 Å². The number of hydrogen-bond acceptors (Lipinski definition) is 6. The van der Waals surface area contributed by atoms with E-state index in [2.05, 4.69) is 15.3 Å². The van der Waals surface area contributed by atoms with E-state index in [1.54, 1.807) is 31.0 Å². The lowest BCUT2D eigenvalue weighted by molar-refractivity contribution is -0.121. The summed E-state index contributed by atoms with van der Waals surface area (Å²) >= 11 is 5.82. The molecule has 9 nitrogen and oxygen atoms in total. The monoisotopic (exact) mass is 429 g/mol. The van der Waals surface area contributed by atoms with Gasteiger partial charge in [0.05, 0.1) is 16.5 Å². The number of anilines is 1. The summed E-state index contributed by atoms with van der Waals surface area (Å²) in [6.45, 7) is 2.37. The molecule has 1 atom stereocenters. The third-order valence-corrected chi connectivity index (χ3v) is 5.44. The number of pyridine rings is 1. The van der Waals surface area contributed by atoms with Crippen molar-refractivity contribution in [3.8, 4) is 0 Å². The highest BCUT2D eigenvalue weighted by Crippen LogP contribution is 2.26. The highest BCUT2D eigenvalue weighted by atomic mass is 35.5. The Morgan fingerprint density at radius 3 is 2.83 bits per heavy atom. The topological polar surface area (TPSA) is 110 Å². The quantitative estimate of drug-likeness (QED) is 0.684. The number of amides is 2. The number of furan rings is 1. The lowest BCUT2D eigenvalue weighted by Crippen LogP contribution is -2.44. The highest BCUT2D eigenvalue weighted by molar-refractivity contribution is 6.30. The molecule has 0 bridgehead atoms. The van der Waals surface area contributed by atoms with Crippen LogP contribution in [0.25, 0.3) is 11.1 Å². The van der Waals surface area contributed by atoms with E-state index in [1.165, 1.54) is 17.1 Å². The fraction of sp³-hybridized carbons (Fsp3) is 0.350. The van der Waals surface area contributed by atoms with Gasteiger partial charge in [-0.2, -0.15) is 0 Å². The highest BCUT2D eigenvalue weighted by Gasteiger charge is 2.32. The molecule has 30 heavy (non-hydrogen) atoms. The molecule has 1 N–H and O–H groups in total. The number of rotatable bonds is 3. The molecule has 0 radical (unpaired) electrons. The lowest BCUT2D eigenvalue weighted by atomic mass is 9.96. The van der Waals surface area contributed by atoms with Crippen LogP contribution in [0.4, 0.5) is 5.82 Å². The fourth-order valence-electron chi connectivity index (χ4n) is 3.66. The van der Waals surface area contributed by atoms with Crippen LogP contribution in [0.2, 0.25) is 5.02 Å². The van der Waals surface area contributed by atoms with Crippen LogP contribution in [0.1, 0.15) is 29.0 Å². The van der Waals surface area contributed by atoms with Crippen molar-refractivity contribution in [1.82, 2.24) is 19.4 Å². The van der Waals surface area contributed by atoms with E-state index in [-0.39, 0.29) is 46.5 Å². The molecule has 2 amide bonds. The molecule has 0 spiro atoms. The number of likely N-dealkylation sites (tertiary alicyclic amines) is 1. The summed E-state index contributed by atoms with van der Waals surface area (Å²) in [6.07, 6.45) is 4.13. The molecule has 0 aromatic carbocycles. The molecule has 1 aliphatic rings. The largest absolute Gasteiger partial charge is 0.442 e. The number of halogens is 1. The molecular weight excluding hydrogens is 410 g/mol. The summed E-state index contributed by atoms with van der Waals surface area (Å²) in [4.78, 5) is 48.2. The molecule has 0 saturated carbocycles. The van der Waals surface area contributed by atoms with E-state index in [9.17, 15) is 14.4 Å². The molecule has 3 aromatic heterocycles. The van der Waals surface area contributed by atoms with Gasteiger partial charge in [-0.25, -0.2) is 9.97 Å². The normalized spacial score (nSPS) is 16.6. The Morgan fingerprint density at radius 2 is 2.10 bits per heavy atom. The number of aromatic nitrogens is 3. The Hall–Kier alpha value is -3.20. The average Bonchev–Trinajstić information content (AvgIpc) is 3.08. The van der Waals surface area contributed by atoms with Crippen LogP contribution >= 0.6 is 11.6 Å². The zero-order chi connectivity index (χ0) is 21.4. The van der Waals surface area contributed by atoms with Crippen molar-refractivity contribution in [2.24, 2.45) is 13.0 Å². The van der Waals surface area contributed by atoms with E-state index in [4.69, 9.17) is 16.0 Å². The smallest absolute Gasteiger partial charge is 0.265 e. The molecular formula is C20H20ClN5O4. The summed E-state index contributed by atoms with van der Waals surface area (Å²) < 4.78 is 6.84. The average molecular weight is 430 g/mol. The number of nitrogens with zero attached hydrogens (tertiary/aromatic N) is 4. The first-order valence-electron chi connectivity index (χ1n) is 9.51. The molecule has 4 heterocycles. The van der Waals surface area contributed by atoms with Crippen molar-refractivity contribution in [2.75, 3.05) is 18.4 Å². The standard InChI is InChI=1S/C20H20ClN5O4/c1-11-15(16-18(30-11)23-10-25(2)19(16)28)20(29)26-7-3-4-12(9-26)17(27)24-14-6-5-13(21)8-22-14/h5-6,8,10,12H,3-4,7,9H2,1-2H3,(H,22,24,27). The SMILES string of the molecule is Cc1oc2ncn(C)c(=O)c2c1C(=O)N1CCCC(C(=O)Nc2ccc(Cl)cn2)C1. The molecule has 3 aromatic rings. The molecule has 4 rings (SSSR count). The Balaban J connectivity index is 1.56. The van der Waals surface area contributed by atoms with E-state index in [0.717, 1.165) is 0 Å². The van der Waals surface area contributed by atoms with Crippen molar-refractivity contribution >= 4 is 40.3 Å². The zero-order valence-electron chi connectivity index (χ0n) is 16.5.